The van der Waals surface area contributed by atoms with Gasteiger partial charge in [-0.05, 0) is 41.6 Å². The Morgan fingerprint density at radius 2 is 1.88 bits per heavy atom. The Hall–Kier alpha value is -1.17. The van der Waals surface area contributed by atoms with E-state index in [-0.39, 0.29) is 11.8 Å². The van der Waals surface area contributed by atoms with Gasteiger partial charge in [0.05, 0.1) is 4.47 Å². The van der Waals surface area contributed by atoms with Crippen LogP contribution in [-0.2, 0) is 4.79 Å². The first kappa shape index (κ1) is 12.3. The number of amides is 1. The van der Waals surface area contributed by atoms with E-state index in [0.717, 1.165) is 30.2 Å². The van der Waals surface area contributed by atoms with Crippen LogP contribution in [0.3, 0.4) is 0 Å². The van der Waals surface area contributed by atoms with Gasteiger partial charge in [0, 0.05) is 24.4 Å². The number of aromatic nitrogens is 2. The number of nitrogens with two attached hydrogens (primary N) is 1. The summed E-state index contributed by atoms with van der Waals surface area (Å²) in [6, 6.07) is 0.340. The first-order chi connectivity index (χ1) is 8.15. The molecule has 0 aromatic carbocycles. The van der Waals surface area contributed by atoms with E-state index in [1.807, 2.05) is 0 Å². The highest BCUT2D eigenvalue weighted by atomic mass is 79.9. The number of hydrogen-bond acceptors (Lipinski definition) is 4. The van der Waals surface area contributed by atoms with Crippen LogP contribution >= 0.6 is 15.9 Å². The molecule has 5 nitrogen and oxygen atoms in total. The number of nitrogens with zero attached hydrogens (tertiary/aromatic N) is 2. The van der Waals surface area contributed by atoms with E-state index in [0.29, 0.717) is 12.0 Å². The fourth-order valence-corrected chi connectivity index (χ4v) is 2.30. The highest BCUT2D eigenvalue weighted by Gasteiger charge is 2.24. The van der Waals surface area contributed by atoms with Gasteiger partial charge in [-0.25, -0.2) is 9.97 Å². The van der Waals surface area contributed by atoms with Gasteiger partial charge in [0.1, 0.15) is 0 Å². The minimum absolute atomic E-state index is 0.0406. The third kappa shape index (κ3) is 3.39. The number of anilines is 1. The van der Waals surface area contributed by atoms with Gasteiger partial charge >= 0.3 is 0 Å². The molecule has 92 valence electrons. The summed E-state index contributed by atoms with van der Waals surface area (Å²) in [6.07, 6.45) is 7.00. The van der Waals surface area contributed by atoms with E-state index in [1.165, 1.54) is 0 Å². The number of halogens is 1. The maximum Gasteiger partial charge on any atom is 0.222 e. The Bertz CT molecular complexity index is 387. The monoisotopic (exact) mass is 298 g/mol. The lowest BCUT2D eigenvalue weighted by molar-refractivity contribution is -0.122. The van der Waals surface area contributed by atoms with Gasteiger partial charge in [0.2, 0.25) is 11.9 Å². The minimum Gasteiger partial charge on any atom is -0.369 e. The average molecular weight is 299 g/mol. The molecule has 1 fully saturated rings. The summed E-state index contributed by atoms with van der Waals surface area (Å²) in [6.45, 7) is 0. The zero-order valence-electron chi connectivity index (χ0n) is 9.40. The van der Waals surface area contributed by atoms with Crippen LogP contribution in [0.5, 0.6) is 0 Å². The van der Waals surface area contributed by atoms with Gasteiger partial charge in [-0.1, -0.05) is 0 Å². The number of carbonyl (C=O) groups is 1. The van der Waals surface area contributed by atoms with Crippen molar-refractivity contribution in [3.63, 3.8) is 0 Å². The van der Waals surface area contributed by atoms with Crippen LogP contribution in [0.25, 0.3) is 0 Å². The number of primary amides is 1. The van der Waals surface area contributed by atoms with Gasteiger partial charge in [-0.3, -0.25) is 4.79 Å². The fourth-order valence-electron chi connectivity index (χ4n) is 2.09. The molecule has 17 heavy (non-hydrogen) atoms. The Morgan fingerprint density at radius 3 is 2.41 bits per heavy atom. The normalized spacial score (nSPS) is 24.3. The molecule has 1 aromatic heterocycles. The molecule has 1 saturated carbocycles. The predicted octanol–water partition coefficient (Wildman–Crippen LogP) is 1.70. The van der Waals surface area contributed by atoms with Crippen molar-refractivity contribution in [1.82, 2.24) is 9.97 Å². The van der Waals surface area contributed by atoms with Crippen LogP contribution in [0.1, 0.15) is 25.7 Å². The van der Waals surface area contributed by atoms with Crippen molar-refractivity contribution in [3.05, 3.63) is 16.9 Å². The molecule has 2 rings (SSSR count). The largest absolute Gasteiger partial charge is 0.369 e. The molecule has 0 spiro atoms. The summed E-state index contributed by atoms with van der Waals surface area (Å²) < 4.78 is 0.862. The molecule has 6 heteroatoms. The Morgan fingerprint density at radius 1 is 1.29 bits per heavy atom. The lowest BCUT2D eigenvalue weighted by Gasteiger charge is -2.27. The third-order valence-corrected chi connectivity index (χ3v) is 3.49. The van der Waals surface area contributed by atoms with Crippen LogP contribution in [0.4, 0.5) is 5.95 Å². The van der Waals surface area contributed by atoms with E-state index in [2.05, 4.69) is 31.2 Å². The van der Waals surface area contributed by atoms with E-state index in [1.54, 1.807) is 12.4 Å². The van der Waals surface area contributed by atoms with Crippen LogP contribution in [0, 0.1) is 5.92 Å². The smallest absolute Gasteiger partial charge is 0.222 e. The molecule has 0 radical (unpaired) electrons. The number of carbonyl (C=O) groups excluding carboxylic acids is 1. The van der Waals surface area contributed by atoms with Crippen molar-refractivity contribution in [2.75, 3.05) is 5.32 Å². The predicted molar refractivity (Wildman–Crippen MR) is 68.3 cm³/mol. The Labute approximate surface area is 108 Å². The maximum atomic E-state index is 11.0. The molecule has 1 aliphatic rings. The highest BCUT2D eigenvalue weighted by molar-refractivity contribution is 9.10. The van der Waals surface area contributed by atoms with Gasteiger partial charge in [0.15, 0.2) is 0 Å². The molecular formula is C11H15BrN4O. The summed E-state index contributed by atoms with van der Waals surface area (Å²) >= 11 is 3.29. The molecule has 1 amide bonds. The number of hydrogen-bond donors (Lipinski definition) is 2. The minimum atomic E-state index is -0.177. The maximum absolute atomic E-state index is 11.0. The highest BCUT2D eigenvalue weighted by Crippen LogP contribution is 2.25. The van der Waals surface area contributed by atoms with Crippen LogP contribution in [-0.4, -0.2) is 21.9 Å². The van der Waals surface area contributed by atoms with Crippen molar-refractivity contribution in [2.45, 2.75) is 31.7 Å². The van der Waals surface area contributed by atoms with E-state index in [4.69, 9.17) is 5.73 Å². The molecule has 3 N–H and O–H groups in total. The second kappa shape index (κ2) is 5.44. The molecule has 1 aliphatic carbocycles. The standard InChI is InChI=1S/C11H15BrN4O/c12-8-5-14-11(15-6-8)16-9-3-1-7(2-4-9)10(13)17/h5-7,9H,1-4H2,(H2,13,17)(H,14,15,16). The molecule has 1 heterocycles. The van der Waals surface area contributed by atoms with Gasteiger partial charge in [-0.15, -0.1) is 0 Å². The molecule has 1 aromatic rings. The van der Waals surface area contributed by atoms with E-state index in [9.17, 15) is 4.79 Å². The number of nitrogens with one attached hydrogen (secondary N) is 1. The lowest BCUT2D eigenvalue weighted by atomic mass is 9.86. The average Bonchev–Trinajstić information content (AvgIpc) is 2.33. The molecular weight excluding hydrogens is 284 g/mol. The van der Waals surface area contributed by atoms with E-state index < -0.39 is 0 Å². The molecule has 0 aliphatic heterocycles. The van der Waals surface area contributed by atoms with Crippen LogP contribution in [0.15, 0.2) is 16.9 Å². The van der Waals surface area contributed by atoms with Crippen molar-refractivity contribution in [2.24, 2.45) is 11.7 Å². The summed E-state index contributed by atoms with van der Waals surface area (Å²) in [4.78, 5) is 19.4. The van der Waals surface area contributed by atoms with E-state index >= 15 is 0 Å². The van der Waals surface area contributed by atoms with Crippen molar-refractivity contribution < 1.29 is 4.79 Å². The summed E-state index contributed by atoms with van der Waals surface area (Å²) in [5, 5.41) is 3.27. The lowest BCUT2D eigenvalue weighted by Crippen LogP contribution is -2.32. The van der Waals surface area contributed by atoms with Crippen molar-refractivity contribution >= 4 is 27.8 Å². The first-order valence-electron chi connectivity index (χ1n) is 5.68. The Balaban J connectivity index is 1.85. The van der Waals surface area contributed by atoms with Crippen molar-refractivity contribution in [3.8, 4) is 0 Å². The van der Waals surface area contributed by atoms with Crippen LogP contribution in [0.2, 0.25) is 0 Å². The van der Waals surface area contributed by atoms with Crippen LogP contribution < -0.4 is 11.1 Å². The second-order valence-corrected chi connectivity index (χ2v) is 5.24. The van der Waals surface area contributed by atoms with Gasteiger partial charge in [0.25, 0.3) is 0 Å². The first-order valence-corrected chi connectivity index (χ1v) is 6.48. The Kier molecular flexibility index (Phi) is 3.93. The second-order valence-electron chi connectivity index (χ2n) is 4.32. The number of rotatable bonds is 3. The molecule has 0 atom stereocenters. The quantitative estimate of drug-likeness (QED) is 0.890. The zero-order chi connectivity index (χ0) is 12.3. The molecule has 0 saturated heterocycles. The van der Waals surface area contributed by atoms with Gasteiger partial charge < -0.3 is 11.1 Å². The molecule has 0 bridgehead atoms. The summed E-state index contributed by atoms with van der Waals surface area (Å²) in [7, 11) is 0. The van der Waals surface area contributed by atoms with Gasteiger partial charge in [-0.2, -0.15) is 0 Å². The fraction of sp³-hybridized carbons (Fsp3) is 0.545. The summed E-state index contributed by atoms with van der Waals surface area (Å²) in [5.41, 5.74) is 5.29. The topological polar surface area (TPSA) is 80.9 Å². The summed E-state index contributed by atoms with van der Waals surface area (Å²) in [5.74, 6) is 0.498. The van der Waals surface area contributed by atoms with Crippen molar-refractivity contribution in [1.29, 1.82) is 0 Å². The third-order valence-electron chi connectivity index (χ3n) is 3.08. The zero-order valence-corrected chi connectivity index (χ0v) is 11.0. The molecule has 0 unspecified atom stereocenters. The SMILES string of the molecule is NC(=O)C1CCC(Nc2ncc(Br)cn2)CC1.